The second kappa shape index (κ2) is 9.47. The summed E-state index contributed by atoms with van der Waals surface area (Å²) in [5.41, 5.74) is -2.13. The van der Waals surface area contributed by atoms with Crippen molar-refractivity contribution in [3.8, 4) is 5.69 Å². The molecule has 1 aliphatic rings. The molecular formula is C23H21F5N4O4. The normalized spacial score (nSPS) is 19.1. The Kier molecular flexibility index (Phi) is 6.71. The summed E-state index contributed by atoms with van der Waals surface area (Å²) in [6, 6.07) is 2.92. The summed E-state index contributed by atoms with van der Waals surface area (Å²) in [4.78, 5) is 31.7. The van der Waals surface area contributed by atoms with E-state index in [1.54, 1.807) is 5.32 Å². The number of aliphatic hydroxyl groups excluding tert-OH is 2. The number of β-amino-alcohol motifs (C(OH)–C–C–N with tert-alkyl or cyclic N) is 2. The van der Waals surface area contributed by atoms with Gasteiger partial charge >= 0.3 is 6.18 Å². The Hall–Kier alpha value is -3.58. The van der Waals surface area contributed by atoms with Gasteiger partial charge in [-0.2, -0.15) is 13.2 Å². The summed E-state index contributed by atoms with van der Waals surface area (Å²) >= 11 is 0. The molecule has 3 atom stereocenters. The maximum absolute atomic E-state index is 14.7. The number of carbonyl (C=O) groups is 1. The zero-order chi connectivity index (χ0) is 26.4. The number of alkyl halides is 3. The van der Waals surface area contributed by atoms with E-state index in [2.05, 4.69) is 4.98 Å². The molecule has 0 spiro atoms. The average Bonchev–Trinajstić information content (AvgIpc) is 3.15. The largest absolute Gasteiger partial charge is 0.408 e. The Bertz CT molecular complexity index is 1370. The lowest BCUT2D eigenvalue weighted by Crippen LogP contribution is -2.46. The Morgan fingerprint density at radius 2 is 1.83 bits per heavy atom. The van der Waals surface area contributed by atoms with Gasteiger partial charge in [-0.25, -0.2) is 13.8 Å². The van der Waals surface area contributed by atoms with Gasteiger partial charge in [0.2, 0.25) is 5.43 Å². The number of nitrogens with one attached hydrogen (secondary N) is 1. The second-order valence-corrected chi connectivity index (χ2v) is 8.39. The molecule has 3 N–H and O–H groups in total. The van der Waals surface area contributed by atoms with Crippen molar-refractivity contribution >= 4 is 22.8 Å². The predicted molar refractivity (Wildman–Crippen MR) is 119 cm³/mol. The molecule has 1 aromatic carbocycles. The molecule has 4 rings (SSSR count). The van der Waals surface area contributed by atoms with Crippen molar-refractivity contribution in [3.05, 3.63) is 63.9 Å². The molecule has 13 heteroatoms. The molecule has 3 heterocycles. The van der Waals surface area contributed by atoms with Gasteiger partial charge in [-0.3, -0.25) is 14.2 Å². The number of hydrogen-bond donors (Lipinski definition) is 3. The van der Waals surface area contributed by atoms with Crippen LogP contribution in [0.5, 0.6) is 0 Å². The monoisotopic (exact) mass is 512 g/mol. The number of anilines is 1. The summed E-state index contributed by atoms with van der Waals surface area (Å²) < 4.78 is 68.8. The Labute approximate surface area is 200 Å². The number of fused-ring (bicyclic) bond motifs is 1. The summed E-state index contributed by atoms with van der Waals surface area (Å²) in [5, 5.41) is 21.3. The highest BCUT2D eigenvalue weighted by Crippen LogP contribution is 2.26. The van der Waals surface area contributed by atoms with Crippen LogP contribution in [0.3, 0.4) is 0 Å². The summed E-state index contributed by atoms with van der Waals surface area (Å²) in [7, 11) is 0. The van der Waals surface area contributed by atoms with Crippen LogP contribution in [0.15, 0.2) is 41.3 Å². The van der Waals surface area contributed by atoms with Crippen LogP contribution in [0.1, 0.15) is 23.7 Å². The molecule has 192 valence electrons. The maximum atomic E-state index is 14.7. The number of rotatable bonds is 5. The molecule has 3 aromatic rings. The number of amides is 1. The van der Waals surface area contributed by atoms with Gasteiger partial charge in [0.1, 0.15) is 29.1 Å². The third kappa shape index (κ3) is 4.75. The first-order chi connectivity index (χ1) is 16.9. The van der Waals surface area contributed by atoms with Gasteiger partial charge in [0.25, 0.3) is 5.91 Å². The quantitative estimate of drug-likeness (QED) is 0.453. The van der Waals surface area contributed by atoms with Crippen molar-refractivity contribution in [1.82, 2.24) is 14.9 Å². The summed E-state index contributed by atoms with van der Waals surface area (Å²) in [6.45, 7) is 1.25. The van der Waals surface area contributed by atoms with Crippen LogP contribution in [-0.2, 0) is 0 Å². The van der Waals surface area contributed by atoms with E-state index in [0.29, 0.717) is 6.07 Å². The van der Waals surface area contributed by atoms with E-state index in [9.17, 15) is 41.8 Å². The maximum Gasteiger partial charge on any atom is 0.408 e. The zero-order valence-electron chi connectivity index (χ0n) is 18.8. The van der Waals surface area contributed by atoms with Crippen LogP contribution in [0.25, 0.3) is 16.7 Å². The molecule has 1 unspecified atom stereocenters. The topological polar surface area (TPSA) is 108 Å². The molecule has 2 aromatic heterocycles. The smallest absolute Gasteiger partial charge is 0.389 e. The van der Waals surface area contributed by atoms with E-state index in [-0.39, 0.29) is 35.6 Å². The number of hydrogen-bond acceptors (Lipinski definition) is 6. The minimum Gasteiger partial charge on any atom is -0.389 e. The molecule has 1 aliphatic heterocycles. The first kappa shape index (κ1) is 25.5. The lowest BCUT2D eigenvalue weighted by atomic mass is 10.1. The van der Waals surface area contributed by atoms with Gasteiger partial charge in [-0.05, 0) is 30.7 Å². The highest BCUT2D eigenvalue weighted by Gasteiger charge is 2.40. The van der Waals surface area contributed by atoms with E-state index in [1.165, 1.54) is 24.0 Å². The Morgan fingerprint density at radius 1 is 1.17 bits per heavy atom. The summed E-state index contributed by atoms with van der Waals surface area (Å²) in [6.07, 6.45) is -6.49. The lowest BCUT2D eigenvalue weighted by molar-refractivity contribution is -0.153. The SMILES string of the molecule is CCC(NC(=O)c1cn(-c2ccc(F)cc2F)c2nc(N3C[C@@H](O)[C@H](O)C3)ccc2c1=O)C(F)(F)F. The van der Waals surface area contributed by atoms with E-state index < -0.39 is 59.4 Å². The van der Waals surface area contributed by atoms with E-state index in [0.717, 1.165) is 22.9 Å². The second-order valence-electron chi connectivity index (χ2n) is 8.39. The van der Waals surface area contributed by atoms with Gasteiger partial charge in [0.05, 0.1) is 23.3 Å². The van der Waals surface area contributed by atoms with Crippen LogP contribution in [0.2, 0.25) is 0 Å². The van der Waals surface area contributed by atoms with E-state index >= 15 is 0 Å². The van der Waals surface area contributed by atoms with Crippen LogP contribution in [0.4, 0.5) is 27.8 Å². The van der Waals surface area contributed by atoms with Gasteiger partial charge in [0.15, 0.2) is 5.65 Å². The molecule has 0 saturated carbocycles. The van der Waals surface area contributed by atoms with Crippen molar-refractivity contribution < 1.29 is 37.0 Å². The molecule has 1 saturated heterocycles. The fourth-order valence-corrected chi connectivity index (χ4v) is 4.00. The zero-order valence-corrected chi connectivity index (χ0v) is 18.8. The highest BCUT2D eigenvalue weighted by molar-refractivity contribution is 5.97. The molecular weight excluding hydrogens is 491 g/mol. The number of nitrogens with zero attached hydrogens (tertiary/aromatic N) is 3. The number of aliphatic hydroxyl groups is 2. The molecule has 36 heavy (non-hydrogen) atoms. The molecule has 8 nitrogen and oxygen atoms in total. The lowest BCUT2D eigenvalue weighted by Gasteiger charge is -2.21. The number of carbonyl (C=O) groups excluding carboxylic acids is 1. The average molecular weight is 512 g/mol. The highest BCUT2D eigenvalue weighted by atomic mass is 19.4. The van der Waals surface area contributed by atoms with Crippen LogP contribution >= 0.6 is 0 Å². The first-order valence-electron chi connectivity index (χ1n) is 10.9. The van der Waals surface area contributed by atoms with Gasteiger partial charge in [-0.15, -0.1) is 0 Å². The molecule has 0 radical (unpaired) electrons. The fraction of sp³-hybridized carbons (Fsp3) is 0.348. The van der Waals surface area contributed by atoms with E-state index in [4.69, 9.17) is 0 Å². The standard InChI is InChI=1S/C23H21F5N4O4/c1-2-18(23(26,27)28)29-22(36)13-8-32(15-5-3-11(24)7-14(15)25)21-12(20(13)35)4-6-19(30-21)31-9-16(33)17(34)10-31/h3-8,16-18,33-34H,2,9-10H2,1H3,(H,29,36)/t16-,17-,18?/m1/s1. The van der Waals surface area contributed by atoms with Crippen LogP contribution < -0.4 is 15.6 Å². The first-order valence-corrected chi connectivity index (χ1v) is 10.9. The minimum atomic E-state index is -4.76. The Morgan fingerprint density at radius 3 is 2.42 bits per heavy atom. The fourth-order valence-electron chi connectivity index (χ4n) is 4.00. The van der Waals surface area contributed by atoms with Gasteiger partial charge in [0, 0.05) is 25.4 Å². The van der Waals surface area contributed by atoms with Crippen molar-refractivity contribution in [2.75, 3.05) is 18.0 Å². The van der Waals surface area contributed by atoms with Crippen molar-refractivity contribution in [2.45, 2.75) is 37.8 Å². The minimum absolute atomic E-state index is 0.0190. The van der Waals surface area contributed by atoms with Crippen LogP contribution in [-0.4, -0.2) is 63.2 Å². The number of benzene rings is 1. The van der Waals surface area contributed by atoms with Gasteiger partial charge < -0.3 is 20.4 Å². The van der Waals surface area contributed by atoms with Crippen LogP contribution in [0, 0.1) is 11.6 Å². The summed E-state index contributed by atoms with van der Waals surface area (Å²) in [5.74, 6) is -3.09. The number of aromatic nitrogens is 2. The molecule has 1 amide bonds. The molecule has 0 bridgehead atoms. The van der Waals surface area contributed by atoms with E-state index in [1.807, 2.05) is 0 Å². The molecule has 1 fully saturated rings. The third-order valence-electron chi connectivity index (χ3n) is 5.94. The van der Waals surface area contributed by atoms with Crippen molar-refractivity contribution in [1.29, 1.82) is 0 Å². The third-order valence-corrected chi connectivity index (χ3v) is 5.94. The van der Waals surface area contributed by atoms with Gasteiger partial charge in [-0.1, -0.05) is 6.92 Å². The van der Waals surface area contributed by atoms with Crippen molar-refractivity contribution in [3.63, 3.8) is 0 Å². The van der Waals surface area contributed by atoms with Crippen molar-refractivity contribution in [2.24, 2.45) is 0 Å². The molecule has 0 aliphatic carbocycles. The number of pyridine rings is 2. The predicted octanol–water partition coefficient (Wildman–Crippen LogP) is 2.28. The Balaban J connectivity index is 1.90. The number of halogens is 5.